The Morgan fingerprint density at radius 1 is 1.28 bits per heavy atom. The van der Waals surface area contributed by atoms with E-state index in [0.717, 1.165) is 24.1 Å². The normalized spacial score (nSPS) is 13.1. The van der Waals surface area contributed by atoms with Gasteiger partial charge in [-0.15, -0.1) is 10.2 Å². The lowest BCUT2D eigenvalue weighted by atomic mass is 10.2. The van der Waals surface area contributed by atoms with Crippen LogP contribution in [0.3, 0.4) is 0 Å². The summed E-state index contributed by atoms with van der Waals surface area (Å²) in [6, 6.07) is 14.4. The molecule has 1 aliphatic carbocycles. The number of nitro benzene ring substituents is 1. The third-order valence-corrected chi connectivity index (χ3v) is 5.05. The van der Waals surface area contributed by atoms with Gasteiger partial charge in [-0.25, -0.2) is 0 Å². The molecule has 1 aromatic heterocycles. The fraction of sp³-hybridized carbons (Fsp3) is 0.250. The Balaban J connectivity index is 1.50. The molecule has 8 nitrogen and oxygen atoms in total. The van der Waals surface area contributed by atoms with E-state index in [0.29, 0.717) is 29.2 Å². The van der Waals surface area contributed by atoms with E-state index in [4.69, 9.17) is 16.6 Å². The third-order valence-electron chi connectivity index (χ3n) is 4.71. The highest BCUT2D eigenvalue weighted by Crippen LogP contribution is 2.30. The Morgan fingerprint density at radius 3 is 2.79 bits per heavy atom. The largest absolute Gasteiger partial charge is 0.419 e. The summed E-state index contributed by atoms with van der Waals surface area (Å²) >= 11 is 5.63. The summed E-state index contributed by atoms with van der Waals surface area (Å²) in [5.41, 5.74) is 2.56. The van der Waals surface area contributed by atoms with Crippen molar-refractivity contribution >= 4 is 28.7 Å². The zero-order chi connectivity index (χ0) is 20.4. The summed E-state index contributed by atoms with van der Waals surface area (Å²) in [5.74, 6) is 0.657. The number of rotatable bonds is 6. The molecule has 0 bridgehead atoms. The fourth-order valence-corrected chi connectivity index (χ4v) is 3.31. The van der Waals surface area contributed by atoms with E-state index >= 15 is 0 Å². The number of hydrogen-bond acceptors (Lipinski definition) is 6. The van der Waals surface area contributed by atoms with E-state index < -0.39 is 4.92 Å². The highest BCUT2D eigenvalue weighted by Gasteiger charge is 2.32. The number of para-hydroxylation sites is 1. The molecule has 3 aromatic rings. The summed E-state index contributed by atoms with van der Waals surface area (Å²) in [6.07, 6.45) is 2.11. The number of nitrogens with one attached hydrogen (secondary N) is 1. The summed E-state index contributed by atoms with van der Waals surface area (Å²) in [4.78, 5) is 12.6. The van der Waals surface area contributed by atoms with Gasteiger partial charge in [-0.05, 0) is 49.7 Å². The molecule has 0 aliphatic heterocycles. The maximum Gasteiger partial charge on any atom is 0.270 e. The number of nitrogens with zero attached hydrogens (tertiary/aromatic N) is 4. The Morgan fingerprint density at radius 2 is 2.07 bits per heavy atom. The molecule has 0 atom stereocenters. The standard InChI is InChI=1S/C20H19N5O3S/c1-13-5-2-3-8-17(13)21-20(29)24(15-9-10-15)12-18-22-23-19(28-18)14-6-4-7-16(11-14)25(26)27/h2-8,11,15H,9-10,12H2,1H3,(H,21,29). The smallest absolute Gasteiger partial charge is 0.270 e. The number of aryl methyl sites for hydroxylation is 1. The predicted molar refractivity (Wildman–Crippen MR) is 112 cm³/mol. The highest BCUT2D eigenvalue weighted by atomic mass is 32.1. The average molecular weight is 409 g/mol. The first-order valence-electron chi connectivity index (χ1n) is 9.22. The molecule has 1 fully saturated rings. The molecular weight excluding hydrogens is 390 g/mol. The number of anilines is 1. The number of aromatic nitrogens is 2. The number of non-ortho nitro benzene ring substituents is 1. The van der Waals surface area contributed by atoms with Gasteiger partial charge in [-0.3, -0.25) is 10.1 Å². The van der Waals surface area contributed by atoms with Crippen LogP contribution in [-0.4, -0.2) is 31.2 Å². The van der Waals surface area contributed by atoms with Gasteiger partial charge in [0.2, 0.25) is 11.8 Å². The van der Waals surface area contributed by atoms with Gasteiger partial charge < -0.3 is 14.6 Å². The molecule has 0 spiro atoms. The second-order valence-corrected chi connectivity index (χ2v) is 7.30. The van der Waals surface area contributed by atoms with Crippen molar-refractivity contribution in [2.75, 3.05) is 5.32 Å². The van der Waals surface area contributed by atoms with E-state index in [1.165, 1.54) is 12.1 Å². The van der Waals surface area contributed by atoms with E-state index in [9.17, 15) is 10.1 Å². The first-order valence-corrected chi connectivity index (χ1v) is 9.62. The predicted octanol–water partition coefficient (Wildman–Crippen LogP) is 4.31. The van der Waals surface area contributed by atoms with Crippen LogP contribution in [0.1, 0.15) is 24.3 Å². The summed E-state index contributed by atoms with van der Waals surface area (Å²) in [7, 11) is 0. The number of thiocarbonyl (C=S) groups is 1. The molecule has 2 aromatic carbocycles. The maximum atomic E-state index is 11.0. The molecule has 1 N–H and O–H groups in total. The number of hydrogen-bond donors (Lipinski definition) is 1. The van der Waals surface area contributed by atoms with Crippen LogP contribution in [0.15, 0.2) is 52.9 Å². The van der Waals surface area contributed by atoms with Crippen molar-refractivity contribution in [3.63, 3.8) is 0 Å². The van der Waals surface area contributed by atoms with Crippen LogP contribution in [0.4, 0.5) is 11.4 Å². The maximum absolute atomic E-state index is 11.0. The second kappa shape index (κ2) is 7.96. The Bertz CT molecular complexity index is 1060. The number of nitro groups is 1. The quantitative estimate of drug-likeness (QED) is 0.365. The van der Waals surface area contributed by atoms with Crippen LogP contribution in [0.5, 0.6) is 0 Å². The monoisotopic (exact) mass is 409 g/mol. The molecule has 4 rings (SSSR count). The van der Waals surface area contributed by atoms with E-state index in [2.05, 4.69) is 15.5 Å². The fourth-order valence-electron chi connectivity index (χ4n) is 2.99. The van der Waals surface area contributed by atoms with Gasteiger partial charge in [0.15, 0.2) is 5.11 Å². The molecule has 0 radical (unpaired) electrons. The lowest BCUT2D eigenvalue weighted by Gasteiger charge is -2.24. The van der Waals surface area contributed by atoms with Crippen LogP contribution in [-0.2, 0) is 6.54 Å². The lowest BCUT2D eigenvalue weighted by Crippen LogP contribution is -2.36. The van der Waals surface area contributed by atoms with Gasteiger partial charge in [0, 0.05) is 29.4 Å². The second-order valence-electron chi connectivity index (χ2n) is 6.91. The molecule has 148 valence electrons. The summed E-state index contributed by atoms with van der Waals surface area (Å²) < 4.78 is 5.76. The molecule has 0 amide bonds. The van der Waals surface area contributed by atoms with Crippen LogP contribution >= 0.6 is 12.2 Å². The third kappa shape index (κ3) is 4.40. The van der Waals surface area contributed by atoms with Gasteiger partial charge in [0.25, 0.3) is 5.69 Å². The lowest BCUT2D eigenvalue weighted by molar-refractivity contribution is -0.384. The Labute approximate surface area is 172 Å². The van der Waals surface area contributed by atoms with E-state index in [-0.39, 0.29) is 11.6 Å². The molecule has 0 unspecified atom stereocenters. The van der Waals surface area contributed by atoms with Crippen molar-refractivity contribution in [2.45, 2.75) is 32.4 Å². The molecule has 0 saturated heterocycles. The molecule has 1 aliphatic rings. The molecule has 1 heterocycles. The summed E-state index contributed by atoms with van der Waals surface area (Å²) in [6.45, 7) is 2.40. The van der Waals surface area contributed by atoms with E-state index in [1.54, 1.807) is 12.1 Å². The minimum Gasteiger partial charge on any atom is -0.419 e. The summed E-state index contributed by atoms with van der Waals surface area (Å²) in [5, 5.41) is 23.0. The van der Waals surface area contributed by atoms with Gasteiger partial charge in [0.1, 0.15) is 0 Å². The first kappa shape index (κ1) is 19.0. The van der Waals surface area contributed by atoms with Crippen LogP contribution in [0.25, 0.3) is 11.5 Å². The van der Waals surface area contributed by atoms with Crippen molar-refractivity contribution < 1.29 is 9.34 Å². The molecule has 9 heteroatoms. The van der Waals surface area contributed by atoms with Crippen LogP contribution in [0.2, 0.25) is 0 Å². The molecule has 1 saturated carbocycles. The van der Waals surface area contributed by atoms with Crippen LogP contribution < -0.4 is 5.32 Å². The minimum absolute atomic E-state index is 0.0227. The van der Waals surface area contributed by atoms with Gasteiger partial charge in [-0.1, -0.05) is 24.3 Å². The number of benzene rings is 2. The van der Waals surface area contributed by atoms with Crippen LogP contribution in [0, 0.1) is 17.0 Å². The topological polar surface area (TPSA) is 97.3 Å². The molecular formula is C20H19N5O3S. The van der Waals surface area contributed by atoms with Gasteiger partial charge in [-0.2, -0.15) is 0 Å². The molecule has 29 heavy (non-hydrogen) atoms. The van der Waals surface area contributed by atoms with Gasteiger partial charge in [0.05, 0.1) is 11.5 Å². The Hall–Kier alpha value is -3.33. The zero-order valence-corrected chi connectivity index (χ0v) is 16.6. The van der Waals surface area contributed by atoms with E-state index in [1.807, 2.05) is 36.1 Å². The highest BCUT2D eigenvalue weighted by molar-refractivity contribution is 7.80. The van der Waals surface area contributed by atoms with Gasteiger partial charge >= 0.3 is 0 Å². The zero-order valence-electron chi connectivity index (χ0n) is 15.7. The van der Waals surface area contributed by atoms with Crippen molar-refractivity contribution in [1.82, 2.24) is 15.1 Å². The first-order chi connectivity index (χ1) is 14.0. The SMILES string of the molecule is Cc1ccccc1NC(=S)N(Cc1nnc(-c2cccc([N+](=O)[O-])c2)o1)C1CC1. The average Bonchev–Trinajstić information content (AvgIpc) is 3.45. The van der Waals surface area contributed by atoms with Crippen molar-refractivity contribution in [3.8, 4) is 11.5 Å². The van der Waals surface area contributed by atoms with Crippen molar-refractivity contribution in [2.24, 2.45) is 0 Å². The Kier molecular flexibility index (Phi) is 5.22. The van der Waals surface area contributed by atoms with Crippen molar-refractivity contribution in [1.29, 1.82) is 0 Å². The minimum atomic E-state index is -0.453. The van der Waals surface area contributed by atoms with Crippen molar-refractivity contribution in [3.05, 3.63) is 70.1 Å².